The molecule has 2 atom stereocenters. The molecule has 1 N–H and O–H groups in total. The Kier molecular flexibility index (Phi) is 4.87. The Morgan fingerprint density at radius 3 is 2.45 bits per heavy atom. The summed E-state index contributed by atoms with van der Waals surface area (Å²) in [4.78, 5) is 24.8. The third-order valence-electron chi connectivity index (χ3n) is 3.65. The number of benzene rings is 1. The Bertz CT molecular complexity index is 573. The van der Waals surface area contributed by atoms with E-state index in [2.05, 4.69) is 0 Å². The average Bonchev–Trinajstić information content (AvgIpc) is 3.03. The highest BCUT2D eigenvalue weighted by Gasteiger charge is 2.36. The first kappa shape index (κ1) is 16.1. The second-order valence-corrected chi connectivity index (χ2v) is 4.96. The highest BCUT2D eigenvalue weighted by molar-refractivity contribution is 5.98. The van der Waals surface area contributed by atoms with E-state index in [9.17, 15) is 9.59 Å². The van der Waals surface area contributed by atoms with Crippen LogP contribution in [-0.2, 0) is 14.3 Å². The zero-order chi connectivity index (χ0) is 16.3. The molecule has 1 aliphatic rings. The van der Waals surface area contributed by atoms with Crippen LogP contribution in [0.2, 0.25) is 0 Å². The van der Waals surface area contributed by atoms with Gasteiger partial charge in [-0.3, -0.25) is 4.79 Å². The van der Waals surface area contributed by atoms with Gasteiger partial charge in [0, 0.05) is 13.1 Å². The summed E-state index contributed by atoms with van der Waals surface area (Å²) in [5, 5.41) is 8.92. The topological polar surface area (TPSA) is 85.3 Å². The predicted octanol–water partition coefficient (Wildman–Crippen LogP) is 1.30. The lowest BCUT2D eigenvalue weighted by Gasteiger charge is -2.23. The lowest BCUT2D eigenvalue weighted by atomic mass is 10.1. The number of nitrogens with zero attached hydrogens (tertiary/aromatic N) is 1. The number of aliphatic carboxylic acids is 1. The molecule has 2 rings (SSSR count). The van der Waals surface area contributed by atoms with Gasteiger partial charge in [0.25, 0.3) is 5.91 Å². The molecule has 1 saturated heterocycles. The van der Waals surface area contributed by atoms with Crippen LogP contribution in [0, 0.1) is 0 Å². The highest BCUT2D eigenvalue weighted by Crippen LogP contribution is 2.33. The Morgan fingerprint density at radius 2 is 1.91 bits per heavy atom. The zero-order valence-corrected chi connectivity index (χ0v) is 12.7. The molecule has 0 aromatic heterocycles. The van der Waals surface area contributed by atoms with Gasteiger partial charge in [-0.1, -0.05) is 0 Å². The fourth-order valence-corrected chi connectivity index (χ4v) is 2.40. The Balaban J connectivity index is 2.16. The van der Waals surface area contributed by atoms with E-state index < -0.39 is 18.2 Å². The van der Waals surface area contributed by atoms with Crippen LogP contribution in [0.4, 0.5) is 5.69 Å². The molecule has 1 heterocycles. The van der Waals surface area contributed by atoms with Crippen molar-refractivity contribution in [3.63, 3.8) is 0 Å². The Hall–Kier alpha value is -2.28. The van der Waals surface area contributed by atoms with E-state index in [1.165, 1.54) is 12.0 Å². The average molecular weight is 309 g/mol. The summed E-state index contributed by atoms with van der Waals surface area (Å²) in [6.07, 6.45) is -0.948. The van der Waals surface area contributed by atoms with E-state index in [1.807, 2.05) is 0 Å². The van der Waals surface area contributed by atoms with Crippen LogP contribution in [0.1, 0.15) is 12.8 Å². The summed E-state index contributed by atoms with van der Waals surface area (Å²) in [5.41, 5.74) is 0.565. The first-order valence-electron chi connectivity index (χ1n) is 6.85. The van der Waals surface area contributed by atoms with Gasteiger partial charge in [0.15, 0.2) is 6.10 Å². The number of ether oxygens (including phenoxy) is 3. The van der Waals surface area contributed by atoms with Crippen LogP contribution in [0.25, 0.3) is 0 Å². The van der Waals surface area contributed by atoms with Crippen molar-refractivity contribution in [3.05, 3.63) is 18.2 Å². The first-order valence-corrected chi connectivity index (χ1v) is 6.85. The second-order valence-electron chi connectivity index (χ2n) is 4.96. The minimum Gasteiger partial charge on any atom is -0.497 e. The van der Waals surface area contributed by atoms with E-state index in [4.69, 9.17) is 19.3 Å². The Labute approximate surface area is 128 Å². The maximum atomic E-state index is 12.5. The van der Waals surface area contributed by atoms with E-state index in [1.54, 1.807) is 32.4 Å². The van der Waals surface area contributed by atoms with Crippen LogP contribution in [-0.4, -0.2) is 50.5 Å². The lowest BCUT2D eigenvalue weighted by molar-refractivity contribution is -0.151. The fraction of sp³-hybridized carbons (Fsp3) is 0.467. The summed E-state index contributed by atoms with van der Waals surface area (Å²) < 4.78 is 15.7. The van der Waals surface area contributed by atoms with Crippen LogP contribution < -0.4 is 14.4 Å². The molecular formula is C15H19NO6. The predicted molar refractivity (Wildman–Crippen MR) is 78.5 cm³/mol. The summed E-state index contributed by atoms with van der Waals surface area (Å²) in [5.74, 6) is -0.236. The molecule has 0 aliphatic carbocycles. The van der Waals surface area contributed by atoms with Crippen molar-refractivity contribution in [2.75, 3.05) is 26.2 Å². The third-order valence-corrected chi connectivity index (χ3v) is 3.65. The molecule has 0 saturated carbocycles. The molecule has 22 heavy (non-hydrogen) atoms. The molecule has 120 valence electrons. The van der Waals surface area contributed by atoms with E-state index in [0.717, 1.165) is 0 Å². The van der Waals surface area contributed by atoms with Gasteiger partial charge >= 0.3 is 5.97 Å². The number of anilines is 1. The molecule has 0 bridgehead atoms. The molecule has 1 aromatic rings. The van der Waals surface area contributed by atoms with Gasteiger partial charge < -0.3 is 24.2 Å². The second kappa shape index (κ2) is 6.65. The summed E-state index contributed by atoms with van der Waals surface area (Å²) >= 11 is 0. The van der Waals surface area contributed by atoms with Crippen molar-refractivity contribution in [1.82, 2.24) is 0 Å². The minimum atomic E-state index is -1.04. The smallest absolute Gasteiger partial charge is 0.332 e. The number of likely N-dealkylation sites (N-methyl/N-ethyl adjacent to an activating group) is 1. The monoisotopic (exact) mass is 309 g/mol. The quantitative estimate of drug-likeness (QED) is 0.882. The molecule has 7 nitrogen and oxygen atoms in total. The zero-order valence-electron chi connectivity index (χ0n) is 12.7. The summed E-state index contributed by atoms with van der Waals surface area (Å²) in [6.45, 7) is 0. The van der Waals surface area contributed by atoms with Gasteiger partial charge in [-0.15, -0.1) is 0 Å². The normalized spacial score (nSPS) is 20.5. The highest BCUT2D eigenvalue weighted by atomic mass is 16.5. The van der Waals surface area contributed by atoms with Crippen molar-refractivity contribution < 1.29 is 28.9 Å². The van der Waals surface area contributed by atoms with Gasteiger partial charge in [0.05, 0.1) is 19.9 Å². The van der Waals surface area contributed by atoms with E-state index >= 15 is 0 Å². The number of hydrogen-bond donors (Lipinski definition) is 1. The standard InChI is InChI=1S/C15H19NO6/c1-16(10-5-4-9(20-2)8-13(10)21-3)14(17)11-6-7-12(22-11)15(18)19/h4-5,8,11-12H,6-7H2,1-3H3,(H,18,19)/t11-,12+/m0/s1. The van der Waals surface area contributed by atoms with Gasteiger partial charge in [-0.25, -0.2) is 4.79 Å². The number of carboxylic acids is 1. The number of amides is 1. The van der Waals surface area contributed by atoms with Crippen LogP contribution >= 0.6 is 0 Å². The maximum absolute atomic E-state index is 12.5. The van der Waals surface area contributed by atoms with Crippen molar-refractivity contribution in [2.24, 2.45) is 0 Å². The summed E-state index contributed by atoms with van der Waals surface area (Å²) in [7, 11) is 4.65. The van der Waals surface area contributed by atoms with Crippen molar-refractivity contribution in [2.45, 2.75) is 25.0 Å². The number of rotatable bonds is 5. The molecule has 1 aliphatic heterocycles. The SMILES string of the molecule is COc1ccc(N(C)C(=O)[C@@H]2CC[C@H](C(=O)O)O2)c(OC)c1. The largest absolute Gasteiger partial charge is 0.497 e. The lowest BCUT2D eigenvalue weighted by Crippen LogP contribution is -2.37. The van der Waals surface area contributed by atoms with Gasteiger partial charge in [-0.05, 0) is 25.0 Å². The number of hydrogen-bond acceptors (Lipinski definition) is 5. The van der Waals surface area contributed by atoms with Crippen LogP contribution in [0.5, 0.6) is 11.5 Å². The molecule has 0 spiro atoms. The first-order chi connectivity index (χ1) is 10.5. The Morgan fingerprint density at radius 1 is 1.23 bits per heavy atom. The number of carboxylic acid groups (broad SMARTS) is 1. The third kappa shape index (κ3) is 3.14. The van der Waals surface area contributed by atoms with E-state index in [0.29, 0.717) is 30.0 Å². The molecule has 1 aromatic carbocycles. The molecule has 0 unspecified atom stereocenters. The fourth-order valence-electron chi connectivity index (χ4n) is 2.40. The molecule has 1 fully saturated rings. The molecule has 0 radical (unpaired) electrons. The van der Waals surface area contributed by atoms with Gasteiger partial charge in [-0.2, -0.15) is 0 Å². The maximum Gasteiger partial charge on any atom is 0.332 e. The van der Waals surface area contributed by atoms with Crippen molar-refractivity contribution in [3.8, 4) is 11.5 Å². The number of carbonyl (C=O) groups is 2. The summed E-state index contributed by atoms with van der Waals surface area (Å²) in [6, 6.07) is 5.10. The molecular weight excluding hydrogens is 290 g/mol. The van der Waals surface area contributed by atoms with Crippen LogP contribution in [0.15, 0.2) is 18.2 Å². The number of carbonyl (C=O) groups excluding carboxylic acids is 1. The molecule has 1 amide bonds. The van der Waals surface area contributed by atoms with Crippen molar-refractivity contribution in [1.29, 1.82) is 0 Å². The minimum absolute atomic E-state index is 0.299. The van der Waals surface area contributed by atoms with Crippen LogP contribution in [0.3, 0.4) is 0 Å². The van der Waals surface area contributed by atoms with Gasteiger partial charge in [0.2, 0.25) is 0 Å². The van der Waals surface area contributed by atoms with Crippen molar-refractivity contribution >= 4 is 17.6 Å². The van der Waals surface area contributed by atoms with E-state index in [-0.39, 0.29) is 5.91 Å². The number of methoxy groups -OCH3 is 2. The molecule has 7 heteroatoms. The van der Waals surface area contributed by atoms with Gasteiger partial charge in [0.1, 0.15) is 17.6 Å².